The maximum absolute atomic E-state index is 13.1. The first kappa shape index (κ1) is 28.3. The smallest absolute Gasteiger partial charge is 0.433 e. The molecular weight excluding hydrogens is 537 g/mol. The summed E-state index contributed by atoms with van der Waals surface area (Å²) in [5.41, 5.74) is 1.45. The lowest BCUT2D eigenvalue weighted by Crippen LogP contribution is -2.50. The van der Waals surface area contributed by atoms with Gasteiger partial charge in [0.15, 0.2) is 0 Å². The molecule has 4 heterocycles. The Hall–Kier alpha value is -4.26. The Bertz CT molecular complexity index is 1540. The highest BCUT2D eigenvalue weighted by Gasteiger charge is 2.33. The van der Waals surface area contributed by atoms with Crippen LogP contribution in [0.3, 0.4) is 0 Å². The molecule has 1 aliphatic rings. The van der Waals surface area contributed by atoms with Gasteiger partial charge in [0.25, 0.3) is 0 Å². The van der Waals surface area contributed by atoms with Crippen LogP contribution in [0, 0.1) is 0 Å². The van der Waals surface area contributed by atoms with E-state index >= 15 is 0 Å². The molecule has 13 heteroatoms. The number of rotatable bonds is 5. The van der Waals surface area contributed by atoms with Crippen LogP contribution in [-0.2, 0) is 10.9 Å². The van der Waals surface area contributed by atoms with Crippen molar-refractivity contribution in [1.82, 2.24) is 34.7 Å². The van der Waals surface area contributed by atoms with Crippen LogP contribution in [0.25, 0.3) is 22.3 Å². The van der Waals surface area contributed by atoms with Crippen LogP contribution in [0.15, 0.2) is 48.9 Å². The van der Waals surface area contributed by atoms with Crippen molar-refractivity contribution in [3.63, 3.8) is 0 Å². The zero-order valence-electron chi connectivity index (χ0n) is 23.2. The summed E-state index contributed by atoms with van der Waals surface area (Å²) in [6.45, 7) is 10.3. The first-order valence-electron chi connectivity index (χ1n) is 13.2. The third-order valence-electron chi connectivity index (χ3n) is 6.76. The number of H-pyrrole nitrogens is 1. The number of ether oxygens (including phenoxy) is 1. The van der Waals surface area contributed by atoms with E-state index in [9.17, 15) is 18.0 Å². The topological polar surface area (TPSA) is 112 Å². The third-order valence-corrected chi connectivity index (χ3v) is 6.76. The lowest BCUT2D eigenvalue weighted by molar-refractivity contribution is -0.141. The Balaban J connectivity index is 1.26. The molecule has 1 aliphatic heterocycles. The number of hydrogen-bond donors (Lipinski definition) is 2. The highest BCUT2D eigenvalue weighted by atomic mass is 19.4. The molecule has 0 spiro atoms. The Labute approximate surface area is 235 Å². The molecule has 1 amide bonds. The molecule has 0 bridgehead atoms. The van der Waals surface area contributed by atoms with Gasteiger partial charge in [0.2, 0.25) is 5.95 Å². The van der Waals surface area contributed by atoms with E-state index < -0.39 is 17.5 Å². The third kappa shape index (κ3) is 6.73. The van der Waals surface area contributed by atoms with Crippen molar-refractivity contribution in [2.45, 2.75) is 45.5 Å². The lowest BCUT2D eigenvalue weighted by atomic mass is 10.1. The molecule has 5 rings (SSSR count). The van der Waals surface area contributed by atoms with Crippen LogP contribution in [0.4, 0.5) is 29.7 Å². The number of carbonyl (C=O) groups excluding carboxylic acids is 1. The highest BCUT2D eigenvalue weighted by Crippen LogP contribution is 2.31. The van der Waals surface area contributed by atoms with Crippen molar-refractivity contribution in [3.8, 4) is 11.3 Å². The molecule has 216 valence electrons. The van der Waals surface area contributed by atoms with Gasteiger partial charge in [-0.15, -0.1) is 0 Å². The minimum absolute atomic E-state index is 0.0898. The summed E-state index contributed by atoms with van der Waals surface area (Å²) in [4.78, 5) is 35.9. The summed E-state index contributed by atoms with van der Waals surface area (Å²) in [6.07, 6.45) is -2.22. The molecule has 1 saturated heterocycles. The minimum Gasteiger partial charge on any atom is -0.444 e. The zero-order valence-corrected chi connectivity index (χ0v) is 23.2. The summed E-state index contributed by atoms with van der Waals surface area (Å²) < 4.78 is 44.7. The summed E-state index contributed by atoms with van der Waals surface area (Å²) in [5, 5.41) is 3.18. The van der Waals surface area contributed by atoms with Crippen molar-refractivity contribution in [1.29, 1.82) is 0 Å². The summed E-state index contributed by atoms with van der Waals surface area (Å²) in [7, 11) is 0. The molecule has 41 heavy (non-hydrogen) atoms. The molecule has 2 N–H and O–H groups in total. The standard InChI is InChI=1S/C28H31F3N8O2/c1-17(38-9-11-39(12-10-38)26(40)41-27(2,3)4)18-7-8-32-24(14-18)37-25-35-20-6-5-19(13-22(20)36-25)21-15-23(28(29,30)31)34-16-33-21/h5-8,13-17H,9-12H2,1-4H3,(H2,32,35,36,37). The molecule has 0 radical (unpaired) electrons. The van der Waals surface area contributed by atoms with Gasteiger partial charge in [-0.1, -0.05) is 6.07 Å². The zero-order chi connectivity index (χ0) is 29.4. The monoisotopic (exact) mass is 568 g/mol. The summed E-state index contributed by atoms with van der Waals surface area (Å²) in [5.74, 6) is 1.03. The van der Waals surface area contributed by atoms with Crippen LogP contribution in [0.2, 0.25) is 0 Å². The Morgan fingerprint density at radius 1 is 1.02 bits per heavy atom. The number of halogens is 3. The fraction of sp³-hybridized carbons (Fsp3) is 0.393. The number of imidazole rings is 1. The number of alkyl halides is 3. The van der Waals surface area contributed by atoms with Crippen LogP contribution >= 0.6 is 0 Å². The van der Waals surface area contributed by atoms with Crippen LogP contribution < -0.4 is 5.32 Å². The Morgan fingerprint density at radius 2 is 1.78 bits per heavy atom. The van der Waals surface area contributed by atoms with Crippen LogP contribution in [-0.4, -0.2) is 72.6 Å². The van der Waals surface area contributed by atoms with E-state index in [1.165, 1.54) is 0 Å². The first-order valence-corrected chi connectivity index (χ1v) is 13.2. The van der Waals surface area contributed by atoms with E-state index in [1.54, 1.807) is 29.3 Å². The number of aromatic amines is 1. The van der Waals surface area contributed by atoms with Crippen molar-refractivity contribution in [2.75, 3.05) is 31.5 Å². The second-order valence-electron chi connectivity index (χ2n) is 10.9. The number of amides is 1. The predicted molar refractivity (Wildman–Crippen MR) is 147 cm³/mol. The average molecular weight is 569 g/mol. The largest absolute Gasteiger partial charge is 0.444 e. The summed E-state index contributed by atoms with van der Waals surface area (Å²) in [6, 6.07) is 9.99. The molecule has 1 aromatic carbocycles. The second-order valence-corrected chi connectivity index (χ2v) is 10.9. The van der Waals surface area contributed by atoms with Crippen molar-refractivity contribution >= 4 is 28.9 Å². The predicted octanol–water partition coefficient (Wildman–Crippen LogP) is 5.79. The van der Waals surface area contributed by atoms with Crippen LogP contribution in [0.1, 0.15) is 45.0 Å². The molecule has 1 fully saturated rings. The second kappa shape index (κ2) is 11.0. The van der Waals surface area contributed by atoms with E-state index in [0.29, 0.717) is 54.5 Å². The van der Waals surface area contributed by atoms with Gasteiger partial charge in [-0.2, -0.15) is 13.2 Å². The highest BCUT2D eigenvalue weighted by molar-refractivity contribution is 5.83. The van der Waals surface area contributed by atoms with E-state index in [-0.39, 0.29) is 17.8 Å². The van der Waals surface area contributed by atoms with E-state index in [2.05, 4.69) is 42.1 Å². The normalized spacial score (nSPS) is 15.6. The van der Waals surface area contributed by atoms with Crippen molar-refractivity contribution in [3.05, 3.63) is 60.2 Å². The average Bonchev–Trinajstić information content (AvgIpc) is 3.33. The van der Waals surface area contributed by atoms with Gasteiger partial charge in [0.1, 0.15) is 23.4 Å². The van der Waals surface area contributed by atoms with E-state index in [1.807, 2.05) is 32.9 Å². The van der Waals surface area contributed by atoms with Gasteiger partial charge in [0.05, 0.1) is 16.7 Å². The lowest BCUT2D eigenvalue weighted by Gasteiger charge is -2.38. The number of aromatic nitrogens is 5. The minimum atomic E-state index is -4.56. The number of nitrogens with zero attached hydrogens (tertiary/aromatic N) is 6. The number of hydrogen-bond acceptors (Lipinski definition) is 8. The van der Waals surface area contributed by atoms with Crippen molar-refractivity contribution < 1.29 is 22.7 Å². The Kier molecular flexibility index (Phi) is 7.56. The number of piperazine rings is 1. The van der Waals surface area contributed by atoms with Gasteiger partial charge >= 0.3 is 12.3 Å². The van der Waals surface area contributed by atoms with Gasteiger partial charge < -0.3 is 19.9 Å². The molecule has 3 aromatic heterocycles. The van der Waals surface area contributed by atoms with Gasteiger partial charge in [-0.3, -0.25) is 4.90 Å². The number of anilines is 2. The molecule has 10 nitrogen and oxygen atoms in total. The molecule has 1 atom stereocenters. The molecule has 1 unspecified atom stereocenters. The maximum atomic E-state index is 13.1. The van der Waals surface area contributed by atoms with Crippen molar-refractivity contribution in [2.24, 2.45) is 0 Å². The van der Waals surface area contributed by atoms with Gasteiger partial charge in [-0.25, -0.2) is 24.7 Å². The first-order chi connectivity index (χ1) is 19.4. The molecule has 4 aromatic rings. The van der Waals surface area contributed by atoms with Crippen LogP contribution in [0.5, 0.6) is 0 Å². The number of carbonyl (C=O) groups is 1. The van der Waals surface area contributed by atoms with Gasteiger partial charge in [0, 0.05) is 44.0 Å². The maximum Gasteiger partial charge on any atom is 0.433 e. The van der Waals surface area contributed by atoms with E-state index in [0.717, 1.165) is 18.0 Å². The number of pyridine rings is 1. The molecular formula is C28H31F3N8O2. The van der Waals surface area contributed by atoms with E-state index in [4.69, 9.17) is 4.74 Å². The SMILES string of the molecule is CC(c1ccnc(Nc2nc3ccc(-c4cc(C(F)(F)F)ncn4)cc3[nH]2)c1)N1CCN(C(=O)OC(C)(C)C)CC1. The van der Waals surface area contributed by atoms with Gasteiger partial charge in [-0.05, 0) is 63.6 Å². The quantitative estimate of drug-likeness (QED) is 0.311. The fourth-order valence-electron chi connectivity index (χ4n) is 4.62. The molecule has 0 aliphatic carbocycles. The number of fused-ring (bicyclic) bond motifs is 1. The summed E-state index contributed by atoms with van der Waals surface area (Å²) >= 11 is 0. The number of nitrogens with one attached hydrogen (secondary N) is 2. The number of benzene rings is 1. The fourth-order valence-corrected chi connectivity index (χ4v) is 4.62. The molecule has 0 saturated carbocycles. The Morgan fingerprint density at radius 3 is 2.49 bits per heavy atom.